The summed E-state index contributed by atoms with van der Waals surface area (Å²) in [4.78, 5) is 70.9. The molecule has 5 aliphatic rings. The average Bonchev–Trinajstić information content (AvgIpc) is 3.69. The van der Waals surface area contributed by atoms with Gasteiger partial charge in [0.1, 0.15) is 11.9 Å². The van der Waals surface area contributed by atoms with Crippen LogP contribution < -0.4 is 15.1 Å². The van der Waals surface area contributed by atoms with Crippen LogP contribution in [-0.4, -0.2) is 124 Å². The number of hydrogen-bond acceptors (Lipinski definition) is 10. The number of amides is 4. The number of hydrogen-bond donors (Lipinski definition) is 1. The van der Waals surface area contributed by atoms with Crippen molar-refractivity contribution in [2.75, 3.05) is 75.2 Å². The number of piperazine rings is 1. The number of pyridine rings is 2. The van der Waals surface area contributed by atoms with Crippen LogP contribution in [0.5, 0.6) is 0 Å². The molecule has 1 N–H and O–H groups in total. The van der Waals surface area contributed by atoms with E-state index in [9.17, 15) is 19.2 Å². The minimum atomic E-state index is -0.950. The standard InChI is InChI=1S/C46H51N9O4/c1-50-39-10-15-47-27-38(39)35-5-2-32(24-41(35)50)33-3-8-42(48-26-33)54-18-13-31(14-19-54)28-51-16-11-30(12-17-51)29-52-20-22-53(23-21-52)34-4-6-36-37(25-34)46(59)55(45(36)58)40-7-9-43(56)49-44(40)57/h2-6,8,10,15,24-27,30-31,40H,7,9,11-14,16-23,28-29H2,1H3,(H,49,56,57). The summed E-state index contributed by atoms with van der Waals surface area (Å²) < 4.78 is 2.24. The van der Waals surface area contributed by atoms with Crippen molar-refractivity contribution in [3.8, 4) is 11.1 Å². The number of nitrogens with zero attached hydrogens (tertiary/aromatic N) is 8. The number of imide groups is 2. The third kappa shape index (κ3) is 7.14. The van der Waals surface area contributed by atoms with Crippen LogP contribution in [0.4, 0.5) is 11.5 Å². The molecule has 8 heterocycles. The number of carbonyl (C=O) groups is 4. The molecule has 5 aromatic rings. The Bertz CT molecular complexity index is 2440. The number of piperidine rings is 3. The van der Waals surface area contributed by atoms with Crippen molar-refractivity contribution in [2.45, 2.75) is 44.6 Å². The van der Waals surface area contributed by atoms with Crippen LogP contribution in [0.3, 0.4) is 0 Å². The van der Waals surface area contributed by atoms with Gasteiger partial charge in [-0.2, -0.15) is 0 Å². The zero-order valence-corrected chi connectivity index (χ0v) is 33.7. The van der Waals surface area contributed by atoms with Crippen LogP contribution in [0.15, 0.2) is 73.2 Å². The molecule has 1 atom stereocenters. The molecular weight excluding hydrogens is 743 g/mol. The minimum absolute atomic E-state index is 0.111. The largest absolute Gasteiger partial charge is 0.369 e. The van der Waals surface area contributed by atoms with Crippen LogP contribution in [0.2, 0.25) is 0 Å². The smallest absolute Gasteiger partial charge is 0.262 e. The van der Waals surface area contributed by atoms with E-state index in [2.05, 4.69) is 77.9 Å². The van der Waals surface area contributed by atoms with Gasteiger partial charge in [0.2, 0.25) is 11.8 Å². The first kappa shape index (κ1) is 37.6. The Labute approximate surface area is 343 Å². The number of rotatable bonds is 8. The first-order chi connectivity index (χ1) is 28.8. The quantitative estimate of drug-likeness (QED) is 0.216. The molecule has 0 spiro atoms. The van der Waals surface area contributed by atoms with Gasteiger partial charge >= 0.3 is 0 Å². The van der Waals surface area contributed by atoms with Gasteiger partial charge in [0.15, 0.2) is 0 Å². The van der Waals surface area contributed by atoms with E-state index in [0.717, 1.165) is 73.7 Å². The van der Waals surface area contributed by atoms with Gasteiger partial charge in [-0.1, -0.05) is 12.1 Å². The van der Waals surface area contributed by atoms with E-state index >= 15 is 0 Å². The summed E-state index contributed by atoms with van der Waals surface area (Å²) in [6, 6.07) is 17.6. The molecule has 59 heavy (non-hydrogen) atoms. The van der Waals surface area contributed by atoms with Crippen LogP contribution in [-0.2, 0) is 16.6 Å². The Balaban J connectivity index is 0.659. The van der Waals surface area contributed by atoms with Gasteiger partial charge in [0, 0.05) is 112 Å². The number of nitrogens with one attached hydrogen (secondary N) is 1. The maximum Gasteiger partial charge on any atom is 0.262 e. The topological polar surface area (TPSA) is 127 Å². The second-order valence-corrected chi connectivity index (χ2v) is 17.2. The van der Waals surface area contributed by atoms with E-state index in [1.807, 2.05) is 24.7 Å². The van der Waals surface area contributed by atoms with E-state index in [-0.39, 0.29) is 18.7 Å². The fourth-order valence-corrected chi connectivity index (χ4v) is 10.2. The third-order valence-corrected chi connectivity index (χ3v) is 13.7. The van der Waals surface area contributed by atoms with E-state index < -0.39 is 23.8 Å². The fourth-order valence-electron chi connectivity index (χ4n) is 10.2. The van der Waals surface area contributed by atoms with Crippen LogP contribution in [0.25, 0.3) is 32.9 Å². The number of fused-ring (bicyclic) bond motifs is 4. The van der Waals surface area contributed by atoms with Crippen molar-refractivity contribution >= 4 is 56.9 Å². The molecule has 1 unspecified atom stereocenters. The molecule has 0 bridgehead atoms. The van der Waals surface area contributed by atoms with Crippen LogP contribution >= 0.6 is 0 Å². The molecule has 13 nitrogen and oxygen atoms in total. The van der Waals surface area contributed by atoms with Crippen molar-refractivity contribution in [1.29, 1.82) is 0 Å². The Hall–Kier alpha value is -5.66. The Morgan fingerprint density at radius 1 is 0.644 bits per heavy atom. The summed E-state index contributed by atoms with van der Waals surface area (Å²) in [5, 5.41) is 4.67. The first-order valence-corrected chi connectivity index (χ1v) is 21.4. The molecule has 0 aliphatic carbocycles. The summed E-state index contributed by atoms with van der Waals surface area (Å²) in [5.41, 5.74) is 6.29. The second-order valence-electron chi connectivity index (χ2n) is 17.2. The Morgan fingerprint density at radius 2 is 1.36 bits per heavy atom. The van der Waals surface area contributed by atoms with Gasteiger partial charge in [0.05, 0.1) is 16.6 Å². The summed E-state index contributed by atoms with van der Waals surface area (Å²) in [7, 11) is 2.12. The number of benzene rings is 2. The average molecular weight is 794 g/mol. The summed E-state index contributed by atoms with van der Waals surface area (Å²) in [6.07, 6.45) is 11.0. The highest BCUT2D eigenvalue weighted by atomic mass is 16.2. The van der Waals surface area contributed by atoms with E-state index in [1.165, 1.54) is 72.7 Å². The number of carbonyl (C=O) groups excluding carboxylic acids is 4. The van der Waals surface area contributed by atoms with Gasteiger partial charge in [-0.05, 0) is 105 Å². The molecule has 304 valence electrons. The molecule has 4 fully saturated rings. The zero-order valence-electron chi connectivity index (χ0n) is 33.7. The first-order valence-electron chi connectivity index (χ1n) is 21.4. The molecule has 2 aromatic carbocycles. The van der Waals surface area contributed by atoms with Gasteiger partial charge in [0.25, 0.3) is 11.8 Å². The Kier molecular flexibility index (Phi) is 9.88. The molecule has 10 rings (SSSR count). The highest BCUT2D eigenvalue weighted by Gasteiger charge is 2.45. The number of likely N-dealkylation sites (tertiary alicyclic amines) is 1. The number of aromatic nitrogens is 3. The monoisotopic (exact) mass is 793 g/mol. The summed E-state index contributed by atoms with van der Waals surface area (Å²) >= 11 is 0. The Morgan fingerprint density at radius 3 is 2.08 bits per heavy atom. The minimum Gasteiger partial charge on any atom is -0.369 e. The van der Waals surface area contributed by atoms with Crippen LogP contribution in [0.1, 0.15) is 59.2 Å². The lowest BCUT2D eigenvalue weighted by Gasteiger charge is -2.41. The van der Waals surface area contributed by atoms with Crippen molar-refractivity contribution in [2.24, 2.45) is 18.9 Å². The van der Waals surface area contributed by atoms with E-state index in [4.69, 9.17) is 4.98 Å². The van der Waals surface area contributed by atoms with E-state index in [0.29, 0.717) is 17.0 Å². The fraction of sp³-hybridized carbons (Fsp3) is 0.435. The predicted molar refractivity (Wildman–Crippen MR) is 227 cm³/mol. The SMILES string of the molecule is Cn1c2ccncc2c2ccc(-c3ccc(N4CCC(CN5CCC(CN6CCN(c7ccc8c(c7)C(=O)N(C7CCC(=O)NC7=O)C8=O)CC6)CC5)CC4)nc3)cc21. The van der Waals surface area contributed by atoms with Gasteiger partial charge in [-0.3, -0.25) is 39.3 Å². The predicted octanol–water partition coefficient (Wildman–Crippen LogP) is 4.94. The lowest BCUT2D eigenvalue weighted by molar-refractivity contribution is -0.136. The maximum atomic E-state index is 13.3. The number of aryl methyl sites for hydroxylation is 1. The molecule has 0 saturated carbocycles. The molecule has 3 aromatic heterocycles. The molecular formula is C46H51N9O4. The molecule has 4 saturated heterocycles. The van der Waals surface area contributed by atoms with Gasteiger partial charge in [-0.25, -0.2) is 4.98 Å². The molecule has 5 aliphatic heterocycles. The normalized spacial score (nSPS) is 21.6. The number of anilines is 2. The lowest BCUT2D eigenvalue weighted by Crippen LogP contribution is -2.54. The van der Waals surface area contributed by atoms with E-state index in [1.54, 1.807) is 12.1 Å². The van der Waals surface area contributed by atoms with Crippen LogP contribution in [0, 0.1) is 11.8 Å². The van der Waals surface area contributed by atoms with Gasteiger partial charge in [-0.15, -0.1) is 0 Å². The molecule has 0 radical (unpaired) electrons. The summed E-state index contributed by atoms with van der Waals surface area (Å²) in [6.45, 7) is 10.4. The van der Waals surface area contributed by atoms with Crippen molar-refractivity contribution in [1.82, 2.24) is 34.6 Å². The highest BCUT2D eigenvalue weighted by molar-refractivity contribution is 6.23. The highest BCUT2D eigenvalue weighted by Crippen LogP contribution is 2.34. The van der Waals surface area contributed by atoms with Crippen molar-refractivity contribution < 1.29 is 19.2 Å². The molecule has 13 heteroatoms. The summed E-state index contributed by atoms with van der Waals surface area (Å²) in [5.74, 6) is 0.626. The second kappa shape index (κ2) is 15.5. The maximum absolute atomic E-state index is 13.3. The lowest BCUT2D eigenvalue weighted by atomic mass is 9.92. The van der Waals surface area contributed by atoms with Crippen molar-refractivity contribution in [3.63, 3.8) is 0 Å². The van der Waals surface area contributed by atoms with Gasteiger partial charge < -0.3 is 19.3 Å². The molecule has 4 amide bonds. The third-order valence-electron chi connectivity index (χ3n) is 13.7. The zero-order chi connectivity index (χ0) is 40.2. The van der Waals surface area contributed by atoms with Crippen molar-refractivity contribution in [3.05, 3.63) is 84.3 Å².